The van der Waals surface area contributed by atoms with E-state index >= 15 is 0 Å². The maximum Gasteiger partial charge on any atom is 0.307 e. The number of rotatable bonds is 4. The predicted octanol–water partition coefficient (Wildman–Crippen LogP) is 2.57. The Balaban J connectivity index is 2.58. The number of carboxylic acid groups (broad SMARTS) is 1. The van der Waals surface area contributed by atoms with E-state index < -0.39 is 5.97 Å². The maximum absolute atomic E-state index is 10.4. The average Bonchev–Trinajstić information content (AvgIpc) is 2.33. The number of hydrogen-bond acceptors (Lipinski definition) is 2. The van der Waals surface area contributed by atoms with Crippen LogP contribution in [0.3, 0.4) is 0 Å². The molecule has 0 aliphatic heterocycles. The molecule has 1 N–H and O–H groups in total. The third kappa shape index (κ3) is 3.59. The Morgan fingerprint density at radius 2 is 2.31 bits per heavy atom. The summed E-state index contributed by atoms with van der Waals surface area (Å²) in [6.07, 6.45) is 1.19. The van der Waals surface area contributed by atoms with E-state index in [4.69, 9.17) is 5.11 Å². The van der Waals surface area contributed by atoms with Crippen LogP contribution in [0.4, 0.5) is 0 Å². The molecular weight excluding hydrogens is 184 g/mol. The van der Waals surface area contributed by atoms with Gasteiger partial charge in [-0.2, -0.15) is 0 Å². The van der Waals surface area contributed by atoms with E-state index in [-0.39, 0.29) is 6.42 Å². The molecule has 0 radical (unpaired) electrons. The monoisotopic (exact) mass is 198 g/mol. The minimum atomic E-state index is -0.756. The molecule has 2 nitrogen and oxygen atoms in total. The Bertz CT molecular complexity index is 289. The zero-order chi connectivity index (χ0) is 9.84. The van der Waals surface area contributed by atoms with Crippen molar-refractivity contribution in [2.45, 2.75) is 26.7 Å². The molecule has 0 bridgehead atoms. The van der Waals surface area contributed by atoms with Crippen molar-refractivity contribution in [1.82, 2.24) is 0 Å². The third-order valence-electron chi connectivity index (χ3n) is 1.67. The first-order chi connectivity index (χ1) is 6.08. The number of carboxylic acids is 1. The van der Waals surface area contributed by atoms with Gasteiger partial charge in [-0.15, -0.1) is 11.3 Å². The molecule has 13 heavy (non-hydrogen) atoms. The maximum atomic E-state index is 10.4. The third-order valence-corrected chi connectivity index (χ3v) is 2.68. The van der Waals surface area contributed by atoms with Crippen LogP contribution < -0.4 is 0 Å². The van der Waals surface area contributed by atoms with Gasteiger partial charge >= 0.3 is 5.97 Å². The van der Waals surface area contributed by atoms with Crippen LogP contribution in [0.25, 0.3) is 0 Å². The van der Waals surface area contributed by atoms with Crippen molar-refractivity contribution < 1.29 is 9.90 Å². The lowest BCUT2D eigenvalue weighted by molar-refractivity contribution is -0.136. The Labute approximate surface area is 82.2 Å². The van der Waals surface area contributed by atoms with Gasteiger partial charge in [-0.25, -0.2) is 0 Å². The molecule has 1 aromatic heterocycles. The van der Waals surface area contributed by atoms with E-state index in [1.54, 1.807) is 11.3 Å². The number of carbonyl (C=O) groups is 1. The lowest BCUT2D eigenvalue weighted by Crippen LogP contribution is -1.98. The molecule has 0 atom stereocenters. The minimum absolute atomic E-state index is 0.147. The molecule has 0 saturated heterocycles. The lowest BCUT2D eigenvalue weighted by atomic mass is 10.1. The van der Waals surface area contributed by atoms with E-state index in [1.165, 1.54) is 4.88 Å². The van der Waals surface area contributed by atoms with E-state index in [0.717, 1.165) is 12.0 Å². The Kier molecular flexibility index (Phi) is 3.48. The molecule has 1 heterocycles. The summed E-state index contributed by atoms with van der Waals surface area (Å²) in [4.78, 5) is 11.7. The molecule has 1 rings (SSSR count). The number of hydrogen-bond donors (Lipinski definition) is 1. The Hall–Kier alpha value is -0.830. The summed E-state index contributed by atoms with van der Waals surface area (Å²) >= 11 is 1.66. The molecule has 72 valence electrons. The molecule has 0 aliphatic carbocycles. The van der Waals surface area contributed by atoms with Crippen LogP contribution in [0.5, 0.6) is 0 Å². The van der Waals surface area contributed by atoms with Crippen LogP contribution in [0.15, 0.2) is 11.4 Å². The van der Waals surface area contributed by atoms with Crippen LogP contribution in [0.2, 0.25) is 0 Å². The topological polar surface area (TPSA) is 37.3 Å². The number of thiophene rings is 1. The van der Waals surface area contributed by atoms with Crippen LogP contribution in [0.1, 0.15) is 24.3 Å². The average molecular weight is 198 g/mol. The first-order valence-corrected chi connectivity index (χ1v) is 5.24. The van der Waals surface area contributed by atoms with Gasteiger partial charge in [0.05, 0.1) is 6.42 Å². The summed E-state index contributed by atoms with van der Waals surface area (Å²) < 4.78 is 0. The van der Waals surface area contributed by atoms with Gasteiger partial charge in [0.15, 0.2) is 0 Å². The molecule has 0 unspecified atom stereocenters. The SMILES string of the molecule is CC(C)Cc1cc(CC(=O)O)cs1. The van der Waals surface area contributed by atoms with Crippen LogP contribution >= 0.6 is 11.3 Å². The smallest absolute Gasteiger partial charge is 0.307 e. The largest absolute Gasteiger partial charge is 0.481 e. The normalized spacial score (nSPS) is 10.7. The van der Waals surface area contributed by atoms with Crippen molar-refractivity contribution in [3.8, 4) is 0 Å². The van der Waals surface area contributed by atoms with E-state index in [0.29, 0.717) is 5.92 Å². The number of aliphatic carboxylic acids is 1. The van der Waals surface area contributed by atoms with Crippen LogP contribution in [-0.2, 0) is 17.6 Å². The van der Waals surface area contributed by atoms with Gasteiger partial charge in [-0.3, -0.25) is 4.79 Å². The first-order valence-electron chi connectivity index (χ1n) is 4.36. The zero-order valence-corrected chi connectivity index (χ0v) is 8.73. The fourth-order valence-electron chi connectivity index (χ4n) is 1.20. The van der Waals surface area contributed by atoms with Gasteiger partial charge in [-0.05, 0) is 29.3 Å². The highest BCUT2D eigenvalue weighted by Crippen LogP contribution is 2.18. The van der Waals surface area contributed by atoms with Crippen molar-refractivity contribution in [2.75, 3.05) is 0 Å². The van der Waals surface area contributed by atoms with Crippen molar-refractivity contribution in [2.24, 2.45) is 5.92 Å². The fraction of sp³-hybridized carbons (Fsp3) is 0.500. The summed E-state index contributed by atoms with van der Waals surface area (Å²) in [6.45, 7) is 4.33. The standard InChI is InChI=1S/C10H14O2S/c1-7(2)3-9-4-8(6-13-9)5-10(11)12/h4,6-7H,3,5H2,1-2H3,(H,11,12). The highest BCUT2D eigenvalue weighted by atomic mass is 32.1. The van der Waals surface area contributed by atoms with E-state index in [9.17, 15) is 4.79 Å². The van der Waals surface area contributed by atoms with Crippen molar-refractivity contribution >= 4 is 17.3 Å². The van der Waals surface area contributed by atoms with Gasteiger partial charge in [0.25, 0.3) is 0 Å². The molecule has 0 fully saturated rings. The summed E-state index contributed by atoms with van der Waals surface area (Å²) in [7, 11) is 0. The van der Waals surface area contributed by atoms with Gasteiger partial charge in [-0.1, -0.05) is 13.8 Å². The van der Waals surface area contributed by atoms with Gasteiger partial charge in [0.1, 0.15) is 0 Å². The molecular formula is C10H14O2S. The Morgan fingerprint density at radius 3 is 2.85 bits per heavy atom. The second kappa shape index (κ2) is 4.42. The summed E-state index contributed by atoms with van der Waals surface area (Å²) in [5.41, 5.74) is 0.924. The van der Waals surface area contributed by atoms with Gasteiger partial charge in [0, 0.05) is 4.88 Å². The van der Waals surface area contributed by atoms with E-state index in [2.05, 4.69) is 13.8 Å². The van der Waals surface area contributed by atoms with Gasteiger partial charge < -0.3 is 5.11 Å². The summed E-state index contributed by atoms with van der Waals surface area (Å²) in [5.74, 6) is -0.120. The Morgan fingerprint density at radius 1 is 1.62 bits per heavy atom. The second-order valence-electron chi connectivity index (χ2n) is 3.59. The first kappa shape index (κ1) is 10.3. The molecule has 0 aliphatic rings. The minimum Gasteiger partial charge on any atom is -0.481 e. The molecule has 0 amide bonds. The van der Waals surface area contributed by atoms with Gasteiger partial charge in [0.2, 0.25) is 0 Å². The fourth-order valence-corrected chi connectivity index (χ4v) is 2.31. The van der Waals surface area contributed by atoms with Crippen molar-refractivity contribution in [1.29, 1.82) is 0 Å². The highest BCUT2D eigenvalue weighted by molar-refractivity contribution is 7.10. The van der Waals surface area contributed by atoms with Crippen LogP contribution in [-0.4, -0.2) is 11.1 Å². The van der Waals surface area contributed by atoms with Crippen LogP contribution in [0, 0.1) is 5.92 Å². The highest BCUT2D eigenvalue weighted by Gasteiger charge is 2.05. The quantitative estimate of drug-likeness (QED) is 0.807. The lowest BCUT2D eigenvalue weighted by Gasteiger charge is -1.99. The molecule has 0 aromatic carbocycles. The summed E-state index contributed by atoms with van der Waals surface area (Å²) in [5, 5.41) is 10.5. The molecule has 3 heteroatoms. The molecule has 0 saturated carbocycles. The zero-order valence-electron chi connectivity index (χ0n) is 7.91. The molecule has 0 spiro atoms. The van der Waals surface area contributed by atoms with E-state index in [1.807, 2.05) is 11.4 Å². The van der Waals surface area contributed by atoms with Crippen molar-refractivity contribution in [3.63, 3.8) is 0 Å². The second-order valence-corrected chi connectivity index (χ2v) is 4.59. The molecule has 1 aromatic rings. The predicted molar refractivity (Wildman–Crippen MR) is 54.2 cm³/mol. The van der Waals surface area contributed by atoms with Crippen molar-refractivity contribution in [3.05, 3.63) is 21.9 Å². The summed E-state index contributed by atoms with van der Waals surface area (Å²) in [6, 6.07) is 2.00.